The third-order valence-electron chi connectivity index (χ3n) is 2.79. The molecule has 2 rings (SSSR count). The number of aromatic nitrogens is 1. The minimum absolute atomic E-state index is 0.430. The Morgan fingerprint density at radius 1 is 1.00 bits per heavy atom. The summed E-state index contributed by atoms with van der Waals surface area (Å²) >= 11 is 3.21. The van der Waals surface area contributed by atoms with Crippen molar-refractivity contribution in [1.82, 2.24) is 4.57 Å². The van der Waals surface area contributed by atoms with Gasteiger partial charge in [-0.1, -0.05) is 0 Å². The summed E-state index contributed by atoms with van der Waals surface area (Å²) in [4.78, 5) is 0. The molecule has 1 nitrogen and oxygen atoms in total. The zero-order valence-electron chi connectivity index (χ0n) is 9.85. The molecule has 0 atom stereocenters. The highest BCUT2D eigenvalue weighted by atomic mass is 79.9. The van der Waals surface area contributed by atoms with E-state index < -0.39 is 11.7 Å². The van der Waals surface area contributed by atoms with Crippen LogP contribution in [0.5, 0.6) is 0 Å². The van der Waals surface area contributed by atoms with Crippen molar-refractivity contribution in [2.75, 3.05) is 0 Å². The molecule has 0 spiro atoms. The van der Waals surface area contributed by atoms with Crippen LogP contribution < -0.4 is 0 Å². The molecule has 0 N–H and O–H groups in total. The van der Waals surface area contributed by atoms with Gasteiger partial charge >= 0.3 is 6.18 Å². The van der Waals surface area contributed by atoms with Crippen molar-refractivity contribution in [2.24, 2.45) is 0 Å². The predicted octanol–water partition coefficient (Wildman–Crippen LogP) is 4.88. The molecule has 0 amide bonds. The number of benzene rings is 1. The Labute approximate surface area is 111 Å². The number of nitrogens with zero attached hydrogens (tertiary/aromatic N) is 1. The molecule has 0 radical (unpaired) electrons. The van der Waals surface area contributed by atoms with E-state index in [-0.39, 0.29) is 0 Å². The Morgan fingerprint density at radius 3 is 2.00 bits per heavy atom. The molecule has 0 bridgehead atoms. The molecule has 1 aromatic carbocycles. The average molecular weight is 318 g/mol. The van der Waals surface area contributed by atoms with E-state index in [0.717, 1.165) is 23.5 Å². The first kappa shape index (κ1) is 13.2. The summed E-state index contributed by atoms with van der Waals surface area (Å²) in [6, 6.07) is 7.54. The second kappa shape index (κ2) is 4.46. The van der Waals surface area contributed by atoms with Gasteiger partial charge in [-0.2, -0.15) is 13.2 Å². The second-order valence-electron chi connectivity index (χ2n) is 4.12. The lowest BCUT2D eigenvalue weighted by atomic mass is 10.2. The van der Waals surface area contributed by atoms with Crippen molar-refractivity contribution < 1.29 is 13.2 Å². The van der Waals surface area contributed by atoms with Gasteiger partial charge in [0, 0.05) is 15.9 Å². The van der Waals surface area contributed by atoms with E-state index in [1.807, 2.05) is 30.5 Å². The molecular formula is C13H11BrF3N. The van der Waals surface area contributed by atoms with Crippen LogP contribution in [0.2, 0.25) is 0 Å². The molecule has 0 fully saturated rings. The van der Waals surface area contributed by atoms with Crippen LogP contribution in [0.4, 0.5) is 13.2 Å². The van der Waals surface area contributed by atoms with Crippen molar-refractivity contribution in [1.29, 1.82) is 0 Å². The predicted molar refractivity (Wildman–Crippen MR) is 67.9 cm³/mol. The first-order chi connectivity index (χ1) is 8.30. The monoisotopic (exact) mass is 317 g/mol. The summed E-state index contributed by atoms with van der Waals surface area (Å²) in [5.41, 5.74) is 2.02. The maximum atomic E-state index is 12.6. The molecular weight excluding hydrogens is 307 g/mol. The summed E-state index contributed by atoms with van der Waals surface area (Å²) in [6.07, 6.45) is -4.32. The molecule has 0 saturated carbocycles. The van der Waals surface area contributed by atoms with E-state index in [1.54, 1.807) is 0 Å². The fraction of sp³-hybridized carbons (Fsp3) is 0.231. The van der Waals surface area contributed by atoms with E-state index in [0.29, 0.717) is 10.2 Å². The van der Waals surface area contributed by atoms with Crippen LogP contribution in [-0.2, 0) is 6.18 Å². The Bertz CT molecular complexity index is 565. The summed E-state index contributed by atoms with van der Waals surface area (Å²) in [5, 5.41) is 0. The normalized spacial score (nSPS) is 11.9. The number of halogens is 4. The van der Waals surface area contributed by atoms with E-state index >= 15 is 0 Å². The highest BCUT2D eigenvalue weighted by molar-refractivity contribution is 9.10. The number of hydrogen-bond donors (Lipinski definition) is 0. The van der Waals surface area contributed by atoms with Crippen molar-refractivity contribution >= 4 is 15.9 Å². The lowest BCUT2D eigenvalue weighted by Crippen LogP contribution is -2.06. The van der Waals surface area contributed by atoms with Crippen LogP contribution in [0.1, 0.15) is 17.0 Å². The second-order valence-corrected chi connectivity index (χ2v) is 4.97. The minimum Gasteiger partial charge on any atom is -0.317 e. The number of rotatable bonds is 1. The van der Waals surface area contributed by atoms with E-state index in [4.69, 9.17) is 0 Å². The number of hydrogen-bond acceptors (Lipinski definition) is 0. The highest BCUT2D eigenvalue weighted by Crippen LogP contribution is 2.34. The SMILES string of the molecule is Cc1ccc(C)n1-c1ccc(C(F)(F)F)cc1Br. The van der Waals surface area contributed by atoms with Gasteiger partial charge in [-0.15, -0.1) is 0 Å². The van der Waals surface area contributed by atoms with Gasteiger partial charge in [0.05, 0.1) is 11.3 Å². The molecule has 0 aliphatic carbocycles. The van der Waals surface area contributed by atoms with Crippen LogP contribution in [0.25, 0.3) is 5.69 Å². The van der Waals surface area contributed by atoms with Crippen LogP contribution >= 0.6 is 15.9 Å². The fourth-order valence-corrected chi connectivity index (χ4v) is 2.47. The van der Waals surface area contributed by atoms with Gasteiger partial charge in [-0.05, 0) is 60.1 Å². The van der Waals surface area contributed by atoms with Crippen molar-refractivity contribution in [3.05, 3.63) is 51.8 Å². The van der Waals surface area contributed by atoms with E-state index in [2.05, 4.69) is 15.9 Å². The lowest BCUT2D eigenvalue weighted by molar-refractivity contribution is -0.137. The standard InChI is InChI=1S/C13H11BrF3N/c1-8-3-4-9(2)18(8)12-6-5-10(7-11(12)14)13(15,16)17/h3-7H,1-2H3. The Morgan fingerprint density at radius 2 is 1.56 bits per heavy atom. The number of alkyl halides is 3. The summed E-state index contributed by atoms with van der Waals surface area (Å²) in [5.74, 6) is 0. The van der Waals surface area contributed by atoms with Gasteiger partial charge in [0.2, 0.25) is 0 Å². The van der Waals surface area contributed by atoms with Crippen LogP contribution in [-0.4, -0.2) is 4.57 Å². The summed E-state index contributed by atoms with van der Waals surface area (Å²) in [7, 11) is 0. The van der Waals surface area contributed by atoms with Crippen LogP contribution in [0, 0.1) is 13.8 Å². The lowest BCUT2D eigenvalue weighted by Gasteiger charge is -2.14. The quantitative estimate of drug-likeness (QED) is 0.706. The third kappa shape index (κ3) is 2.32. The van der Waals surface area contributed by atoms with E-state index in [9.17, 15) is 13.2 Å². The summed E-state index contributed by atoms with van der Waals surface area (Å²) < 4.78 is 40.1. The Hall–Kier alpha value is -1.23. The fourth-order valence-electron chi connectivity index (χ4n) is 1.91. The Kier molecular flexibility index (Phi) is 3.27. The topological polar surface area (TPSA) is 4.93 Å². The smallest absolute Gasteiger partial charge is 0.317 e. The minimum atomic E-state index is -4.32. The summed E-state index contributed by atoms with van der Waals surface area (Å²) in [6.45, 7) is 3.83. The molecule has 0 aliphatic heterocycles. The molecule has 0 saturated heterocycles. The molecule has 0 aliphatic rings. The highest BCUT2D eigenvalue weighted by Gasteiger charge is 2.31. The Balaban J connectivity index is 2.55. The molecule has 1 aromatic heterocycles. The largest absolute Gasteiger partial charge is 0.416 e. The van der Waals surface area contributed by atoms with Gasteiger partial charge in [-0.3, -0.25) is 0 Å². The van der Waals surface area contributed by atoms with Crippen molar-refractivity contribution in [2.45, 2.75) is 20.0 Å². The average Bonchev–Trinajstić information content (AvgIpc) is 2.58. The first-order valence-corrected chi connectivity index (χ1v) is 6.12. The van der Waals surface area contributed by atoms with Crippen molar-refractivity contribution in [3.8, 4) is 5.69 Å². The third-order valence-corrected chi connectivity index (χ3v) is 3.42. The molecule has 18 heavy (non-hydrogen) atoms. The van der Waals surface area contributed by atoms with E-state index in [1.165, 1.54) is 6.07 Å². The first-order valence-electron chi connectivity index (χ1n) is 5.33. The van der Waals surface area contributed by atoms with Gasteiger partial charge in [0.1, 0.15) is 0 Å². The van der Waals surface area contributed by atoms with Gasteiger partial charge in [-0.25, -0.2) is 0 Å². The molecule has 2 aromatic rings. The maximum Gasteiger partial charge on any atom is 0.416 e. The zero-order valence-corrected chi connectivity index (χ0v) is 11.4. The van der Waals surface area contributed by atoms with Crippen molar-refractivity contribution in [3.63, 3.8) is 0 Å². The zero-order chi connectivity index (χ0) is 13.5. The molecule has 1 heterocycles. The molecule has 0 unspecified atom stereocenters. The van der Waals surface area contributed by atoms with Gasteiger partial charge in [0.15, 0.2) is 0 Å². The van der Waals surface area contributed by atoms with Gasteiger partial charge in [0.25, 0.3) is 0 Å². The van der Waals surface area contributed by atoms with Crippen LogP contribution in [0.15, 0.2) is 34.8 Å². The van der Waals surface area contributed by atoms with Gasteiger partial charge < -0.3 is 4.57 Å². The number of aryl methyl sites for hydroxylation is 2. The maximum absolute atomic E-state index is 12.6. The molecule has 5 heteroatoms. The van der Waals surface area contributed by atoms with Crippen LogP contribution in [0.3, 0.4) is 0 Å². The molecule has 96 valence electrons.